The Balaban J connectivity index is 1.43. The predicted octanol–water partition coefficient (Wildman–Crippen LogP) is 3.07. The van der Waals surface area contributed by atoms with Crippen molar-refractivity contribution in [2.24, 2.45) is 10.9 Å². The highest BCUT2D eigenvalue weighted by Crippen LogP contribution is 2.31. The molecule has 2 N–H and O–H groups in total. The molecular formula is C22H29FN4O. The highest BCUT2D eigenvalue weighted by Gasteiger charge is 2.24. The number of nitrogens with one attached hydrogen (secondary N) is 2. The lowest BCUT2D eigenvalue weighted by Crippen LogP contribution is -2.41. The van der Waals surface area contributed by atoms with Crippen molar-refractivity contribution in [2.75, 3.05) is 45.2 Å². The lowest BCUT2D eigenvalue weighted by Gasteiger charge is -2.21. The molecule has 1 fully saturated rings. The number of para-hydroxylation sites is 2. The summed E-state index contributed by atoms with van der Waals surface area (Å²) in [5.41, 5.74) is 2.14. The summed E-state index contributed by atoms with van der Waals surface area (Å²) in [5, 5.41) is 6.72. The van der Waals surface area contributed by atoms with Gasteiger partial charge in [-0.2, -0.15) is 0 Å². The molecule has 6 heteroatoms. The van der Waals surface area contributed by atoms with E-state index in [1.165, 1.54) is 6.07 Å². The molecule has 1 saturated heterocycles. The molecule has 150 valence electrons. The number of halogens is 1. The molecule has 1 unspecified atom stereocenters. The zero-order valence-corrected chi connectivity index (χ0v) is 16.6. The van der Waals surface area contributed by atoms with Gasteiger partial charge in [0.1, 0.15) is 11.6 Å². The van der Waals surface area contributed by atoms with Crippen LogP contribution < -0.4 is 20.3 Å². The number of benzene rings is 2. The first-order valence-corrected chi connectivity index (χ1v) is 9.76. The standard InChI is InChI=1S/C22H29FN4O/c1-24-22(25-12-10-17-6-5-7-19(23)14-17)26-15-18-11-13-27(16-18)20-8-3-4-9-21(20)28-2/h3-9,14,18H,10-13,15-16H2,1-2H3,(H2,24,25,26). The van der Waals surface area contributed by atoms with Gasteiger partial charge in [-0.15, -0.1) is 0 Å². The third-order valence-corrected chi connectivity index (χ3v) is 5.09. The SMILES string of the molecule is CN=C(NCCc1cccc(F)c1)NCC1CCN(c2ccccc2OC)C1. The van der Waals surface area contributed by atoms with Crippen LogP contribution in [0.3, 0.4) is 0 Å². The quantitative estimate of drug-likeness (QED) is 0.569. The molecule has 2 aromatic carbocycles. The first kappa shape index (κ1) is 20.0. The third kappa shape index (κ3) is 5.38. The van der Waals surface area contributed by atoms with Gasteiger partial charge in [0, 0.05) is 33.2 Å². The van der Waals surface area contributed by atoms with Crippen LogP contribution in [-0.4, -0.2) is 46.3 Å². The number of anilines is 1. The second-order valence-corrected chi connectivity index (χ2v) is 7.03. The Hall–Kier alpha value is -2.76. The number of methoxy groups -OCH3 is 1. The van der Waals surface area contributed by atoms with Crippen molar-refractivity contribution in [2.45, 2.75) is 12.8 Å². The minimum atomic E-state index is -0.194. The second kappa shape index (κ2) is 9.97. The molecule has 0 aliphatic carbocycles. The summed E-state index contributed by atoms with van der Waals surface area (Å²) in [6.45, 7) is 3.60. The van der Waals surface area contributed by atoms with E-state index in [4.69, 9.17) is 4.74 Å². The van der Waals surface area contributed by atoms with Gasteiger partial charge in [-0.25, -0.2) is 4.39 Å². The minimum absolute atomic E-state index is 0.194. The maximum absolute atomic E-state index is 13.2. The summed E-state index contributed by atoms with van der Waals surface area (Å²) in [5.74, 6) is 2.06. The Morgan fingerprint density at radius 2 is 2.07 bits per heavy atom. The van der Waals surface area contributed by atoms with Crippen LogP contribution in [0.4, 0.5) is 10.1 Å². The molecule has 0 bridgehead atoms. The smallest absolute Gasteiger partial charge is 0.190 e. The number of hydrogen-bond acceptors (Lipinski definition) is 3. The van der Waals surface area contributed by atoms with E-state index < -0.39 is 0 Å². The van der Waals surface area contributed by atoms with Gasteiger partial charge in [0.15, 0.2) is 5.96 Å². The number of rotatable bonds is 7. The molecule has 1 heterocycles. The van der Waals surface area contributed by atoms with Crippen molar-refractivity contribution in [3.05, 3.63) is 59.9 Å². The van der Waals surface area contributed by atoms with Crippen molar-refractivity contribution < 1.29 is 9.13 Å². The number of nitrogens with zero attached hydrogens (tertiary/aromatic N) is 2. The van der Waals surface area contributed by atoms with Crippen LogP contribution in [0, 0.1) is 11.7 Å². The van der Waals surface area contributed by atoms with Gasteiger partial charge in [-0.1, -0.05) is 24.3 Å². The average Bonchev–Trinajstić information content (AvgIpc) is 3.19. The molecule has 0 amide bonds. The summed E-state index contributed by atoms with van der Waals surface area (Å²) in [7, 11) is 3.49. The molecule has 3 rings (SSSR count). The van der Waals surface area contributed by atoms with Gasteiger partial charge in [0.05, 0.1) is 12.8 Å². The number of aliphatic imine (C=N–C) groups is 1. The van der Waals surface area contributed by atoms with Gasteiger partial charge in [0.25, 0.3) is 0 Å². The monoisotopic (exact) mass is 384 g/mol. The van der Waals surface area contributed by atoms with Crippen molar-refractivity contribution in [3.63, 3.8) is 0 Å². The molecule has 0 spiro atoms. The van der Waals surface area contributed by atoms with Crippen LogP contribution in [0.15, 0.2) is 53.5 Å². The lowest BCUT2D eigenvalue weighted by molar-refractivity contribution is 0.414. The highest BCUT2D eigenvalue weighted by molar-refractivity contribution is 5.79. The van der Waals surface area contributed by atoms with E-state index in [1.807, 2.05) is 24.3 Å². The fourth-order valence-corrected chi connectivity index (χ4v) is 3.59. The largest absolute Gasteiger partial charge is 0.495 e. The van der Waals surface area contributed by atoms with Gasteiger partial charge in [0.2, 0.25) is 0 Å². The maximum Gasteiger partial charge on any atom is 0.190 e. The fourth-order valence-electron chi connectivity index (χ4n) is 3.59. The normalized spacial score (nSPS) is 16.9. The molecule has 1 aliphatic heterocycles. The van der Waals surface area contributed by atoms with E-state index in [9.17, 15) is 4.39 Å². The summed E-state index contributed by atoms with van der Waals surface area (Å²) in [6, 6.07) is 14.9. The zero-order chi connectivity index (χ0) is 19.8. The zero-order valence-electron chi connectivity index (χ0n) is 16.6. The van der Waals surface area contributed by atoms with Gasteiger partial charge in [-0.3, -0.25) is 4.99 Å². The van der Waals surface area contributed by atoms with Crippen molar-refractivity contribution in [1.29, 1.82) is 0 Å². The molecule has 0 saturated carbocycles. The Morgan fingerprint density at radius 3 is 2.86 bits per heavy atom. The second-order valence-electron chi connectivity index (χ2n) is 7.03. The molecule has 28 heavy (non-hydrogen) atoms. The van der Waals surface area contributed by atoms with Gasteiger partial charge >= 0.3 is 0 Å². The molecule has 1 aliphatic rings. The van der Waals surface area contributed by atoms with Crippen molar-refractivity contribution in [3.8, 4) is 5.75 Å². The summed E-state index contributed by atoms with van der Waals surface area (Å²) < 4.78 is 18.7. The third-order valence-electron chi connectivity index (χ3n) is 5.09. The first-order chi connectivity index (χ1) is 13.7. The Bertz CT molecular complexity index is 796. The lowest BCUT2D eigenvalue weighted by atomic mass is 10.1. The molecule has 0 radical (unpaired) electrons. The Kier molecular flexibility index (Phi) is 7.12. The van der Waals surface area contributed by atoms with Crippen LogP contribution in [0.1, 0.15) is 12.0 Å². The molecule has 2 aromatic rings. The summed E-state index contributed by atoms with van der Waals surface area (Å²) in [6.07, 6.45) is 1.88. The van der Waals surface area contributed by atoms with E-state index in [1.54, 1.807) is 26.3 Å². The van der Waals surface area contributed by atoms with Crippen LogP contribution >= 0.6 is 0 Å². The predicted molar refractivity (Wildman–Crippen MR) is 113 cm³/mol. The topological polar surface area (TPSA) is 48.9 Å². The minimum Gasteiger partial charge on any atom is -0.495 e. The highest BCUT2D eigenvalue weighted by atomic mass is 19.1. The van der Waals surface area contributed by atoms with Crippen LogP contribution in [0.5, 0.6) is 5.75 Å². The molecule has 0 aromatic heterocycles. The van der Waals surface area contributed by atoms with E-state index in [0.29, 0.717) is 12.5 Å². The van der Waals surface area contributed by atoms with E-state index >= 15 is 0 Å². The molecule has 5 nitrogen and oxygen atoms in total. The van der Waals surface area contributed by atoms with Crippen LogP contribution in [-0.2, 0) is 6.42 Å². The van der Waals surface area contributed by atoms with E-state index in [0.717, 1.165) is 55.4 Å². The molecular weight excluding hydrogens is 355 g/mol. The van der Waals surface area contributed by atoms with E-state index in [-0.39, 0.29) is 5.82 Å². The summed E-state index contributed by atoms with van der Waals surface area (Å²) >= 11 is 0. The number of ether oxygens (including phenoxy) is 1. The van der Waals surface area contributed by atoms with Crippen molar-refractivity contribution in [1.82, 2.24) is 10.6 Å². The van der Waals surface area contributed by atoms with Crippen LogP contribution in [0.25, 0.3) is 0 Å². The maximum atomic E-state index is 13.2. The van der Waals surface area contributed by atoms with Crippen molar-refractivity contribution >= 4 is 11.6 Å². The fraction of sp³-hybridized carbons (Fsp3) is 0.409. The van der Waals surface area contributed by atoms with Gasteiger partial charge in [-0.05, 0) is 48.6 Å². The van der Waals surface area contributed by atoms with Gasteiger partial charge < -0.3 is 20.3 Å². The Labute approximate surface area is 166 Å². The number of hydrogen-bond donors (Lipinski definition) is 2. The average molecular weight is 384 g/mol. The first-order valence-electron chi connectivity index (χ1n) is 9.76. The summed E-state index contributed by atoms with van der Waals surface area (Å²) in [4.78, 5) is 6.67. The Morgan fingerprint density at radius 1 is 1.21 bits per heavy atom. The molecule has 1 atom stereocenters. The van der Waals surface area contributed by atoms with Crippen LogP contribution in [0.2, 0.25) is 0 Å². The van der Waals surface area contributed by atoms with E-state index in [2.05, 4.69) is 26.6 Å². The number of guanidine groups is 1.